The number of rotatable bonds is 3. The predicted molar refractivity (Wildman–Crippen MR) is 62.0 cm³/mol. The first-order chi connectivity index (χ1) is 7.66. The van der Waals surface area contributed by atoms with E-state index < -0.39 is 5.82 Å². The van der Waals surface area contributed by atoms with Gasteiger partial charge in [0.15, 0.2) is 0 Å². The number of aromatic nitrogens is 2. The lowest BCUT2D eigenvalue weighted by atomic mass is 10.1. The number of hydrogen-bond donors (Lipinski definition) is 1. The molecule has 0 radical (unpaired) electrons. The highest BCUT2D eigenvalue weighted by Gasteiger charge is 2.10. The Balaban J connectivity index is 2.12. The van der Waals surface area contributed by atoms with E-state index in [-0.39, 0.29) is 11.1 Å². The van der Waals surface area contributed by atoms with E-state index in [0.717, 1.165) is 10.4 Å². The molecule has 2 N–H and O–H groups in total. The van der Waals surface area contributed by atoms with Crippen LogP contribution >= 0.6 is 23.1 Å². The van der Waals surface area contributed by atoms with E-state index in [0.29, 0.717) is 6.42 Å². The fourth-order valence-corrected chi connectivity index (χ4v) is 2.06. The largest absolute Gasteiger partial charge is 0.323 e. The zero-order valence-corrected chi connectivity index (χ0v) is 9.80. The molecule has 0 amide bonds. The van der Waals surface area contributed by atoms with Gasteiger partial charge in [0.25, 0.3) is 0 Å². The smallest absolute Gasteiger partial charge is 0.141 e. The second-order valence-corrected chi connectivity index (χ2v) is 4.60. The Kier molecular flexibility index (Phi) is 3.48. The van der Waals surface area contributed by atoms with Crippen molar-refractivity contribution in [3.05, 3.63) is 45.7 Å². The van der Waals surface area contributed by atoms with Crippen LogP contribution in [-0.2, 0) is 6.42 Å². The van der Waals surface area contributed by atoms with Crippen molar-refractivity contribution >= 4 is 23.1 Å². The lowest BCUT2D eigenvalue weighted by Crippen LogP contribution is -2.11. The second-order valence-electron chi connectivity index (χ2n) is 3.38. The van der Waals surface area contributed by atoms with E-state index >= 15 is 0 Å². The van der Waals surface area contributed by atoms with Crippen LogP contribution in [0.15, 0.2) is 24.4 Å². The summed E-state index contributed by atoms with van der Waals surface area (Å²) in [5, 5.41) is 3.84. The number of halogens is 2. The fourth-order valence-electron chi connectivity index (χ4n) is 1.36. The van der Waals surface area contributed by atoms with Crippen molar-refractivity contribution in [3.8, 4) is 0 Å². The first kappa shape index (κ1) is 11.4. The Morgan fingerprint density at radius 3 is 2.94 bits per heavy atom. The average Bonchev–Trinajstić information content (AvgIpc) is 2.77. The summed E-state index contributed by atoms with van der Waals surface area (Å²) in [4.78, 5) is 0.903. The molecule has 1 unspecified atom stereocenters. The van der Waals surface area contributed by atoms with Gasteiger partial charge in [0.1, 0.15) is 5.82 Å². The molecule has 0 saturated carbocycles. The molecule has 6 heteroatoms. The van der Waals surface area contributed by atoms with Crippen LogP contribution in [0.25, 0.3) is 0 Å². The van der Waals surface area contributed by atoms with Gasteiger partial charge in [-0.15, -0.1) is 5.10 Å². The van der Waals surface area contributed by atoms with Gasteiger partial charge in [0.2, 0.25) is 0 Å². The van der Waals surface area contributed by atoms with Gasteiger partial charge in [-0.05, 0) is 35.6 Å². The van der Waals surface area contributed by atoms with E-state index in [1.54, 1.807) is 18.3 Å². The van der Waals surface area contributed by atoms with E-state index in [9.17, 15) is 4.39 Å². The Morgan fingerprint density at radius 2 is 2.31 bits per heavy atom. The van der Waals surface area contributed by atoms with Crippen molar-refractivity contribution in [3.63, 3.8) is 0 Å². The summed E-state index contributed by atoms with van der Waals surface area (Å²) in [6.07, 6.45) is 2.23. The summed E-state index contributed by atoms with van der Waals surface area (Å²) in [5.74, 6) is -0.418. The highest BCUT2D eigenvalue weighted by Crippen LogP contribution is 2.21. The highest BCUT2D eigenvalue weighted by atomic mass is 35.5. The average molecular weight is 258 g/mol. The van der Waals surface area contributed by atoms with Gasteiger partial charge in [0, 0.05) is 6.04 Å². The van der Waals surface area contributed by atoms with Gasteiger partial charge in [-0.1, -0.05) is 22.2 Å². The molecule has 0 saturated heterocycles. The summed E-state index contributed by atoms with van der Waals surface area (Å²) in [5.41, 5.74) is 6.85. The minimum absolute atomic E-state index is 0.118. The standard InChI is InChI=1S/C10H9ClFN3S/c11-7-3-6(1-2-8(7)12)4-9(13)10-5-14-15-16-10/h1-3,5,9H,4,13H2. The molecule has 0 aliphatic heterocycles. The molecule has 1 aromatic carbocycles. The molecule has 2 rings (SSSR count). The van der Waals surface area contributed by atoms with Crippen LogP contribution in [0.3, 0.4) is 0 Å². The van der Waals surface area contributed by atoms with Crippen LogP contribution in [0.1, 0.15) is 16.5 Å². The molecule has 3 nitrogen and oxygen atoms in total. The summed E-state index contributed by atoms with van der Waals surface area (Å²) >= 11 is 6.95. The first-order valence-corrected chi connectivity index (χ1v) is 5.78. The van der Waals surface area contributed by atoms with Gasteiger partial charge >= 0.3 is 0 Å². The maximum absolute atomic E-state index is 12.9. The predicted octanol–water partition coefficient (Wildman–Crippen LogP) is 2.57. The Labute approximate surface area is 101 Å². The van der Waals surface area contributed by atoms with Gasteiger partial charge in [-0.25, -0.2) is 4.39 Å². The Bertz CT molecular complexity index is 475. The Hall–Kier alpha value is -1.04. The molecular weight excluding hydrogens is 249 g/mol. The number of nitrogens with zero attached hydrogens (tertiary/aromatic N) is 2. The van der Waals surface area contributed by atoms with Gasteiger partial charge in [-0.3, -0.25) is 0 Å². The van der Waals surface area contributed by atoms with E-state index in [1.165, 1.54) is 17.6 Å². The molecule has 84 valence electrons. The van der Waals surface area contributed by atoms with Crippen LogP contribution in [0.5, 0.6) is 0 Å². The highest BCUT2D eigenvalue weighted by molar-refractivity contribution is 7.05. The molecule has 1 heterocycles. The van der Waals surface area contributed by atoms with E-state index in [4.69, 9.17) is 17.3 Å². The third-order valence-corrected chi connectivity index (χ3v) is 3.27. The summed E-state index contributed by atoms with van der Waals surface area (Å²) in [6, 6.07) is 4.43. The second kappa shape index (κ2) is 4.86. The Morgan fingerprint density at radius 1 is 1.50 bits per heavy atom. The van der Waals surface area contributed by atoms with E-state index in [1.807, 2.05) is 0 Å². The molecular formula is C10H9ClFN3S. The summed E-state index contributed by atoms with van der Waals surface area (Å²) in [7, 11) is 0. The molecule has 0 aliphatic carbocycles. The van der Waals surface area contributed by atoms with Gasteiger partial charge < -0.3 is 5.73 Å². The number of benzene rings is 1. The minimum atomic E-state index is -0.418. The van der Waals surface area contributed by atoms with E-state index in [2.05, 4.69) is 9.59 Å². The number of nitrogens with two attached hydrogens (primary N) is 1. The molecule has 0 bridgehead atoms. The van der Waals surface area contributed by atoms with Crippen LogP contribution in [0.4, 0.5) is 4.39 Å². The van der Waals surface area contributed by atoms with Crippen LogP contribution < -0.4 is 5.73 Å². The topological polar surface area (TPSA) is 51.8 Å². The zero-order valence-electron chi connectivity index (χ0n) is 8.23. The quantitative estimate of drug-likeness (QED) is 0.920. The van der Waals surface area contributed by atoms with Gasteiger partial charge in [-0.2, -0.15) is 0 Å². The van der Waals surface area contributed by atoms with Crippen molar-refractivity contribution in [2.75, 3.05) is 0 Å². The molecule has 1 atom stereocenters. The van der Waals surface area contributed by atoms with Gasteiger partial charge in [0.05, 0.1) is 16.1 Å². The summed E-state index contributed by atoms with van der Waals surface area (Å²) in [6.45, 7) is 0. The molecule has 1 aromatic heterocycles. The lowest BCUT2D eigenvalue weighted by molar-refractivity contribution is 0.626. The fraction of sp³-hybridized carbons (Fsp3) is 0.200. The van der Waals surface area contributed by atoms with Crippen LogP contribution in [0, 0.1) is 5.82 Å². The number of hydrogen-bond acceptors (Lipinski definition) is 4. The maximum Gasteiger partial charge on any atom is 0.141 e. The maximum atomic E-state index is 12.9. The van der Waals surface area contributed by atoms with Crippen molar-refractivity contribution < 1.29 is 4.39 Å². The monoisotopic (exact) mass is 257 g/mol. The molecule has 16 heavy (non-hydrogen) atoms. The third kappa shape index (κ3) is 2.55. The minimum Gasteiger partial charge on any atom is -0.323 e. The van der Waals surface area contributed by atoms with Crippen molar-refractivity contribution in [1.29, 1.82) is 0 Å². The first-order valence-electron chi connectivity index (χ1n) is 4.63. The van der Waals surface area contributed by atoms with Crippen molar-refractivity contribution in [2.24, 2.45) is 5.73 Å². The molecule has 2 aromatic rings. The molecule has 0 aliphatic rings. The van der Waals surface area contributed by atoms with Crippen molar-refractivity contribution in [2.45, 2.75) is 12.5 Å². The molecule has 0 spiro atoms. The lowest BCUT2D eigenvalue weighted by Gasteiger charge is -2.08. The zero-order chi connectivity index (χ0) is 11.5. The van der Waals surface area contributed by atoms with Crippen LogP contribution in [0.2, 0.25) is 5.02 Å². The third-order valence-electron chi connectivity index (χ3n) is 2.18. The SMILES string of the molecule is NC(Cc1ccc(F)c(Cl)c1)c1cnns1. The van der Waals surface area contributed by atoms with Crippen LogP contribution in [-0.4, -0.2) is 9.59 Å². The normalized spacial score (nSPS) is 12.7. The summed E-state index contributed by atoms with van der Waals surface area (Å²) < 4.78 is 16.7. The van der Waals surface area contributed by atoms with Crippen molar-refractivity contribution in [1.82, 2.24) is 9.59 Å². The molecule has 0 fully saturated rings.